The molecule has 1 atom stereocenters. The van der Waals surface area contributed by atoms with E-state index in [9.17, 15) is 9.59 Å². The van der Waals surface area contributed by atoms with Crippen molar-refractivity contribution in [1.29, 1.82) is 0 Å². The summed E-state index contributed by atoms with van der Waals surface area (Å²) < 4.78 is 7.53. The number of morpholine rings is 1. The number of benzene rings is 1. The molecule has 0 spiro atoms. The molecular weight excluding hydrogens is 440 g/mol. The average Bonchev–Trinajstić information content (AvgIpc) is 3.16. The summed E-state index contributed by atoms with van der Waals surface area (Å²) in [5, 5.41) is 14.7. The second-order valence-electron chi connectivity index (χ2n) is 8.68. The summed E-state index contributed by atoms with van der Waals surface area (Å²) in [6.07, 6.45) is 0. The maximum Gasteiger partial charge on any atom is 0.243 e. The molecule has 1 aromatic carbocycles. The van der Waals surface area contributed by atoms with Crippen molar-refractivity contribution in [3.8, 4) is 0 Å². The molecule has 33 heavy (non-hydrogen) atoms. The van der Waals surface area contributed by atoms with Crippen molar-refractivity contribution in [1.82, 2.24) is 20.1 Å². The molecule has 0 aliphatic carbocycles. The van der Waals surface area contributed by atoms with E-state index in [1.165, 1.54) is 11.8 Å². The minimum absolute atomic E-state index is 0.0881. The number of aromatic nitrogens is 3. The molecule has 0 saturated carbocycles. The van der Waals surface area contributed by atoms with Crippen molar-refractivity contribution in [2.24, 2.45) is 5.92 Å². The lowest BCUT2D eigenvalue weighted by Gasteiger charge is -2.28. The number of carbonyl (C=O) groups excluding carboxylic acids is 2. The third-order valence-electron chi connectivity index (χ3n) is 5.36. The van der Waals surface area contributed by atoms with Crippen LogP contribution in [-0.2, 0) is 20.9 Å². The minimum Gasteiger partial charge on any atom is -0.378 e. The number of ether oxygens (including phenoxy) is 1. The molecule has 1 aromatic heterocycles. The first-order chi connectivity index (χ1) is 15.8. The highest BCUT2D eigenvalue weighted by atomic mass is 32.2. The molecule has 2 N–H and O–H groups in total. The number of carbonyl (C=O) groups is 2. The molecule has 10 heteroatoms. The minimum atomic E-state index is -0.425. The van der Waals surface area contributed by atoms with E-state index < -0.39 is 5.25 Å². The molecule has 1 aliphatic rings. The fourth-order valence-corrected chi connectivity index (χ4v) is 4.49. The van der Waals surface area contributed by atoms with Crippen LogP contribution in [0.3, 0.4) is 0 Å². The Balaban J connectivity index is 1.59. The van der Waals surface area contributed by atoms with Gasteiger partial charge in [-0.2, -0.15) is 0 Å². The summed E-state index contributed by atoms with van der Waals surface area (Å²) in [4.78, 5) is 27.2. The predicted octanol–water partition coefficient (Wildman–Crippen LogP) is 2.62. The second-order valence-corrected chi connectivity index (χ2v) is 9.99. The summed E-state index contributed by atoms with van der Waals surface area (Å²) in [5.41, 5.74) is 2.76. The predicted molar refractivity (Wildman–Crippen MR) is 131 cm³/mol. The first-order valence-corrected chi connectivity index (χ1v) is 12.2. The van der Waals surface area contributed by atoms with Crippen molar-refractivity contribution in [2.45, 2.75) is 51.6 Å². The Labute approximate surface area is 199 Å². The molecule has 2 amide bonds. The number of thioether (sulfide) groups is 1. The van der Waals surface area contributed by atoms with Gasteiger partial charge in [-0.15, -0.1) is 10.2 Å². The Hall–Kier alpha value is -2.59. The van der Waals surface area contributed by atoms with Crippen LogP contribution in [0.5, 0.6) is 0 Å². The summed E-state index contributed by atoms with van der Waals surface area (Å²) in [7, 11) is 0. The van der Waals surface area contributed by atoms with E-state index in [4.69, 9.17) is 4.74 Å². The van der Waals surface area contributed by atoms with E-state index in [0.29, 0.717) is 24.3 Å². The summed E-state index contributed by atoms with van der Waals surface area (Å²) in [6, 6.07) is 5.83. The Morgan fingerprint density at radius 3 is 2.42 bits per heavy atom. The molecule has 2 heterocycles. The molecular formula is C23H34N6O3S. The number of nitrogens with one attached hydrogen (secondary N) is 2. The van der Waals surface area contributed by atoms with Crippen molar-refractivity contribution in [3.05, 3.63) is 29.3 Å². The van der Waals surface area contributed by atoms with E-state index in [2.05, 4.69) is 44.1 Å². The van der Waals surface area contributed by atoms with Crippen molar-refractivity contribution in [2.75, 3.05) is 43.1 Å². The zero-order valence-electron chi connectivity index (χ0n) is 20.1. The Morgan fingerprint density at radius 1 is 1.12 bits per heavy atom. The van der Waals surface area contributed by atoms with E-state index in [-0.39, 0.29) is 18.4 Å². The molecule has 0 bridgehead atoms. The van der Waals surface area contributed by atoms with Crippen LogP contribution < -0.4 is 15.5 Å². The van der Waals surface area contributed by atoms with Gasteiger partial charge in [-0.1, -0.05) is 43.8 Å². The van der Waals surface area contributed by atoms with Crippen LogP contribution in [-0.4, -0.2) is 64.7 Å². The van der Waals surface area contributed by atoms with Gasteiger partial charge in [0.15, 0.2) is 5.16 Å². The molecule has 0 radical (unpaired) electrons. The summed E-state index contributed by atoms with van der Waals surface area (Å²) in [5.74, 6) is 0.743. The molecule has 3 rings (SSSR count). The van der Waals surface area contributed by atoms with Gasteiger partial charge >= 0.3 is 0 Å². The fraction of sp³-hybridized carbons (Fsp3) is 0.565. The van der Waals surface area contributed by atoms with Gasteiger partial charge in [0.25, 0.3) is 0 Å². The van der Waals surface area contributed by atoms with Crippen LogP contribution in [0.2, 0.25) is 0 Å². The molecule has 1 saturated heterocycles. The molecule has 2 aromatic rings. The van der Waals surface area contributed by atoms with Crippen LogP contribution in [0.25, 0.3) is 0 Å². The topological polar surface area (TPSA) is 101 Å². The third-order valence-corrected chi connectivity index (χ3v) is 6.44. The number of hydrogen-bond donors (Lipinski definition) is 2. The first-order valence-electron chi connectivity index (χ1n) is 11.3. The van der Waals surface area contributed by atoms with Crippen LogP contribution in [0.4, 0.5) is 11.6 Å². The number of aryl methyl sites for hydroxylation is 2. The van der Waals surface area contributed by atoms with Gasteiger partial charge in [-0.05, 0) is 37.8 Å². The SMILES string of the molecule is Cc1cccc(C)c1NC(=O)CNC(=O)C(C)Sc1nnc(N2CCOCC2)n1CC(C)C. The Bertz CT molecular complexity index is 951. The highest BCUT2D eigenvalue weighted by Crippen LogP contribution is 2.27. The maximum atomic E-state index is 12.7. The molecule has 180 valence electrons. The number of anilines is 2. The summed E-state index contributed by atoms with van der Waals surface area (Å²) >= 11 is 1.35. The number of hydrogen-bond acceptors (Lipinski definition) is 7. The largest absolute Gasteiger partial charge is 0.378 e. The maximum absolute atomic E-state index is 12.7. The lowest BCUT2D eigenvalue weighted by atomic mass is 10.1. The number of para-hydroxylation sites is 1. The second kappa shape index (κ2) is 11.5. The lowest BCUT2D eigenvalue weighted by molar-refractivity contribution is -0.123. The highest BCUT2D eigenvalue weighted by Gasteiger charge is 2.24. The Morgan fingerprint density at radius 2 is 1.79 bits per heavy atom. The van der Waals surface area contributed by atoms with E-state index in [1.54, 1.807) is 0 Å². The zero-order chi connectivity index (χ0) is 24.0. The normalized spacial score (nSPS) is 14.9. The summed E-state index contributed by atoms with van der Waals surface area (Å²) in [6.45, 7) is 13.5. The lowest BCUT2D eigenvalue weighted by Crippen LogP contribution is -2.38. The van der Waals surface area contributed by atoms with Crippen LogP contribution >= 0.6 is 11.8 Å². The van der Waals surface area contributed by atoms with Gasteiger partial charge < -0.3 is 20.3 Å². The fourth-order valence-electron chi connectivity index (χ4n) is 3.61. The van der Waals surface area contributed by atoms with Crippen molar-refractivity contribution >= 4 is 35.2 Å². The van der Waals surface area contributed by atoms with E-state index in [1.807, 2.05) is 39.0 Å². The number of amides is 2. The first kappa shape index (κ1) is 25.0. The van der Waals surface area contributed by atoms with E-state index >= 15 is 0 Å². The third kappa shape index (κ3) is 6.70. The van der Waals surface area contributed by atoms with Crippen LogP contribution in [0, 0.1) is 19.8 Å². The number of nitrogens with zero attached hydrogens (tertiary/aromatic N) is 4. The zero-order valence-corrected chi connectivity index (χ0v) is 20.9. The van der Waals surface area contributed by atoms with Crippen molar-refractivity contribution < 1.29 is 14.3 Å². The standard InChI is InChI=1S/C23H34N6O3S/c1-15(2)14-29-22(28-9-11-32-12-10-28)26-27-23(29)33-18(5)21(31)24-13-19(30)25-20-16(3)7-6-8-17(20)4/h6-8,15,18H,9-14H2,1-5H3,(H,24,31)(H,25,30). The van der Waals surface area contributed by atoms with Gasteiger partial charge in [0.1, 0.15) is 0 Å². The van der Waals surface area contributed by atoms with Gasteiger partial charge in [0.2, 0.25) is 17.8 Å². The van der Waals surface area contributed by atoms with Gasteiger partial charge in [0.05, 0.1) is 25.0 Å². The van der Waals surface area contributed by atoms with Gasteiger partial charge in [0, 0.05) is 25.3 Å². The number of rotatable bonds is 9. The quantitative estimate of drug-likeness (QED) is 0.539. The van der Waals surface area contributed by atoms with Gasteiger partial charge in [-0.3, -0.25) is 14.2 Å². The average molecular weight is 475 g/mol. The molecule has 9 nitrogen and oxygen atoms in total. The van der Waals surface area contributed by atoms with Crippen LogP contribution in [0.15, 0.2) is 23.4 Å². The van der Waals surface area contributed by atoms with Crippen molar-refractivity contribution in [3.63, 3.8) is 0 Å². The van der Waals surface area contributed by atoms with Gasteiger partial charge in [-0.25, -0.2) is 0 Å². The van der Waals surface area contributed by atoms with E-state index in [0.717, 1.165) is 42.4 Å². The monoisotopic (exact) mass is 474 g/mol. The molecule has 1 unspecified atom stereocenters. The smallest absolute Gasteiger partial charge is 0.243 e. The molecule has 1 fully saturated rings. The highest BCUT2D eigenvalue weighted by molar-refractivity contribution is 8.00. The Kier molecular flexibility index (Phi) is 8.74. The molecule has 1 aliphatic heterocycles. The van der Waals surface area contributed by atoms with Crippen LogP contribution in [0.1, 0.15) is 31.9 Å².